The van der Waals surface area contributed by atoms with Crippen LogP contribution >= 0.6 is 0 Å². The Labute approximate surface area is 621 Å². The van der Waals surface area contributed by atoms with Crippen LogP contribution in [-0.4, -0.2) is 0 Å². The minimum Gasteiger partial charge on any atom is -0.0622 e. The van der Waals surface area contributed by atoms with Crippen LogP contribution < -0.4 is 0 Å². The SMILES string of the molecule is CC1CC2CC1C1C3CC(C4C5CCC(C5)C34)C21.CC1CC2CC1C1C3CC(C4CCC43)C21.CC1CC2CC1C1C3CC(C4CCCC43)C21.CC1CC2CC1C1C3CCC(C3)C21.CC1CC2CC1C1CC3CCCCC3CC21.CC1CC2CC1C1CCCC21.CC1CC2CC1C1CCCCC21. The molecule has 0 aromatic heterocycles. The van der Waals surface area contributed by atoms with E-state index in [9.17, 15) is 0 Å². The third kappa shape index (κ3) is 9.56. The predicted molar refractivity (Wildman–Crippen MR) is 414 cm³/mol. The maximum absolute atomic E-state index is 2.57. The van der Waals surface area contributed by atoms with E-state index in [0.717, 1.165) is 82.9 Å². The lowest BCUT2D eigenvalue weighted by Crippen LogP contribution is -2.44. The second-order valence-electron chi connectivity index (χ2n) is 48.9. The highest BCUT2D eigenvalue weighted by Crippen LogP contribution is 2.80. The summed E-state index contributed by atoms with van der Waals surface area (Å²) >= 11 is 0. The molecule has 30 saturated carbocycles. The molecule has 0 saturated heterocycles. The molecule has 30 aliphatic rings. The Bertz CT molecular complexity index is 3060. The van der Waals surface area contributed by atoms with Gasteiger partial charge in [-0.15, -0.1) is 0 Å². The molecule has 0 radical (unpaired) electrons. The van der Waals surface area contributed by atoms with Crippen molar-refractivity contribution >= 4 is 0 Å². The lowest BCUT2D eigenvalue weighted by molar-refractivity contribution is -0.0142. The van der Waals surface area contributed by atoms with E-state index in [0.29, 0.717) is 0 Å². The molecule has 560 valence electrons. The second kappa shape index (κ2) is 24.5. The van der Waals surface area contributed by atoms with Gasteiger partial charge in [0.15, 0.2) is 0 Å². The van der Waals surface area contributed by atoms with Gasteiger partial charge < -0.3 is 0 Å². The van der Waals surface area contributed by atoms with E-state index >= 15 is 0 Å². The summed E-state index contributed by atoms with van der Waals surface area (Å²) in [5, 5.41) is 0. The van der Waals surface area contributed by atoms with Gasteiger partial charge in [0.2, 0.25) is 0 Å². The average molecular weight is 1370 g/mol. The standard InChI is InChI=1S/C18H26.C16H24.C16H26.C15H22.C13H20.C12H20.C11H18/c1-8-4-11-6-12(8)18-14-7-13(17(11)18)15-9-2-3-10(5-9)16(14)15;1-8-5-9-6-12(8)16-14-7-13(15(9)16)10-3-2-4-11(10)14;1-10-6-13-9-14(10)16-8-12-5-3-2-4-11(12)7-15(13)16;1-7-4-8-5-11(7)15-13-6-12(14(8)15)9-2-3-10(9)13;1-7-4-10-6-11(7)13-9-3-2-8(5-9)12(10)13;1-8-6-9-7-12(8)11-5-3-2-4-10(9)11;1-7-5-8-6-11(7)10-4-2-3-9(8)10/h8-18H,2-7H2,1H3;8-16H,2-7H2,1H3;10-16H,2-9H2,1H3;7-15H,2-6H2,1H3;7-13H,2-6H2,1H3;8-12H,2-7H2,1H3;7-11H,2-6H2,1H3. The van der Waals surface area contributed by atoms with Crippen LogP contribution in [0.25, 0.3) is 0 Å². The molecule has 0 aromatic carbocycles. The highest BCUT2D eigenvalue weighted by atomic mass is 14.8. The summed E-state index contributed by atoms with van der Waals surface area (Å²) in [7, 11) is 0. The van der Waals surface area contributed by atoms with Crippen LogP contribution in [0, 0.1) is 314 Å². The molecule has 0 aliphatic heterocycles. The molecule has 0 spiro atoms. The third-order valence-electron chi connectivity index (χ3n) is 47.0. The van der Waals surface area contributed by atoms with E-state index in [1.807, 2.05) is 0 Å². The second-order valence-corrected chi connectivity index (χ2v) is 48.9. The molecule has 30 rings (SSSR count). The van der Waals surface area contributed by atoms with Crippen LogP contribution in [0.1, 0.15) is 312 Å². The summed E-state index contributed by atoms with van der Waals surface area (Å²) in [4.78, 5) is 0. The molecule has 30 fully saturated rings. The van der Waals surface area contributed by atoms with Gasteiger partial charge >= 0.3 is 0 Å². The zero-order chi connectivity index (χ0) is 66.6. The average Bonchev–Trinajstić information content (AvgIpc) is 1.52. The van der Waals surface area contributed by atoms with E-state index in [2.05, 4.69) is 48.5 Å². The first-order valence-electron chi connectivity index (χ1n) is 49.4. The lowest BCUT2D eigenvalue weighted by atomic mass is 9.55. The van der Waals surface area contributed by atoms with Crippen LogP contribution in [0.2, 0.25) is 0 Å². The van der Waals surface area contributed by atoms with E-state index in [4.69, 9.17) is 0 Å². The Balaban J connectivity index is 0.0000000714. The van der Waals surface area contributed by atoms with E-state index in [1.165, 1.54) is 237 Å². The van der Waals surface area contributed by atoms with Gasteiger partial charge in [-0.3, -0.25) is 0 Å². The largest absolute Gasteiger partial charge is 0.0622 e. The van der Waals surface area contributed by atoms with Crippen molar-refractivity contribution in [1.29, 1.82) is 0 Å². The van der Waals surface area contributed by atoms with Gasteiger partial charge in [-0.25, -0.2) is 0 Å². The summed E-state index contributed by atoms with van der Waals surface area (Å²) in [6.07, 6.45) is 65.8. The monoisotopic (exact) mass is 1370 g/mol. The molecule has 53 atom stereocenters. The topological polar surface area (TPSA) is 0 Å². The predicted octanol–water partition coefficient (Wildman–Crippen LogP) is 26.1. The Hall–Kier alpha value is 0. The normalized spacial score (nSPS) is 66.6. The quantitative estimate of drug-likeness (QED) is 0.212. The van der Waals surface area contributed by atoms with Crippen molar-refractivity contribution in [3.05, 3.63) is 0 Å². The van der Waals surface area contributed by atoms with Crippen molar-refractivity contribution in [2.24, 2.45) is 314 Å². The fourth-order valence-corrected chi connectivity index (χ4v) is 45.1. The Morgan fingerprint density at radius 3 is 0.842 bits per heavy atom. The Morgan fingerprint density at radius 1 is 0.109 bits per heavy atom. The zero-order valence-corrected chi connectivity index (χ0v) is 66.6. The lowest BCUT2D eigenvalue weighted by Gasteiger charge is -2.50. The maximum Gasteiger partial charge on any atom is -0.0318 e. The molecule has 30 aliphatic carbocycles. The number of fused-ring (bicyclic) bond motifs is 65. The molecule has 0 N–H and O–H groups in total. The zero-order valence-electron chi connectivity index (χ0n) is 66.6. The van der Waals surface area contributed by atoms with Crippen molar-refractivity contribution in [2.75, 3.05) is 0 Å². The number of hydrogen-bond donors (Lipinski definition) is 0. The van der Waals surface area contributed by atoms with Gasteiger partial charge in [-0.05, 0) is 526 Å². The van der Waals surface area contributed by atoms with Gasteiger partial charge in [-0.2, -0.15) is 0 Å². The fourth-order valence-electron chi connectivity index (χ4n) is 45.1. The first-order valence-corrected chi connectivity index (χ1v) is 49.4. The van der Waals surface area contributed by atoms with Crippen molar-refractivity contribution < 1.29 is 0 Å². The Kier molecular flexibility index (Phi) is 15.9. The summed E-state index contributed by atoms with van der Waals surface area (Å²) in [5.74, 6) is 62.6. The van der Waals surface area contributed by atoms with Crippen LogP contribution in [0.15, 0.2) is 0 Å². The van der Waals surface area contributed by atoms with Crippen LogP contribution in [0.3, 0.4) is 0 Å². The molecule has 0 nitrogen and oxygen atoms in total. The summed E-state index contributed by atoms with van der Waals surface area (Å²) < 4.78 is 0. The first-order chi connectivity index (χ1) is 49.4. The molecule has 101 heavy (non-hydrogen) atoms. The van der Waals surface area contributed by atoms with Crippen LogP contribution in [-0.2, 0) is 0 Å². The van der Waals surface area contributed by atoms with E-state index in [-0.39, 0.29) is 0 Å². The van der Waals surface area contributed by atoms with Gasteiger partial charge in [0, 0.05) is 0 Å². The summed E-state index contributed by atoms with van der Waals surface area (Å²) in [5.41, 5.74) is 0. The Morgan fingerprint density at radius 2 is 0.366 bits per heavy atom. The molecule has 0 heteroatoms. The van der Waals surface area contributed by atoms with Gasteiger partial charge in [0.1, 0.15) is 0 Å². The summed E-state index contributed by atoms with van der Waals surface area (Å²) in [6, 6.07) is 0. The van der Waals surface area contributed by atoms with Gasteiger partial charge in [-0.1, -0.05) is 99.8 Å². The van der Waals surface area contributed by atoms with Crippen molar-refractivity contribution in [2.45, 2.75) is 312 Å². The van der Waals surface area contributed by atoms with E-state index in [1.54, 1.807) is 257 Å². The molecular weight excluding hydrogens is 1210 g/mol. The van der Waals surface area contributed by atoms with Crippen molar-refractivity contribution in [3.8, 4) is 0 Å². The van der Waals surface area contributed by atoms with E-state index < -0.39 is 0 Å². The molecular formula is C101H156. The number of rotatable bonds is 0. The third-order valence-corrected chi connectivity index (χ3v) is 47.0. The van der Waals surface area contributed by atoms with Gasteiger partial charge in [0.05, 0.1) is 0 Å². The first kappa shape index (κ1) is 65.7. The highest BCUT2D eigenvalue weighted by molar-refractivity contribution is 5.21. The minimum absolute atomic E-state index is 1.08. The van der Waals surface area contributed by atoms with Gasteiger partial charge in [0.25, 0.3) is 0 Å². The van der Waals surface area contributed by atoms with Crippen LogP contribution in [0.4, 0.5) is 0 Å². The fraction of sp³-hybridized carbons (Fsp3) is 1.00. The molecule has 0 heterocycles. The van der Waals surface area contributed by atoms with Crippen molar-refractivity contribution in [1.82, 2.24) is 0 Å². The summed E-state index contributed by atoms with van der Waals surface area (Å²) in [6.45, 7) is 17.7. The molecule has 0 amide bonds. The molecule has 24 bridgehead atoms. The number of hydrogen-bond acceptors (Lipinski definition) is 0. The molecule has 53 unspecified atom stereocenters. The molecule has 0 aromatic rings. The van der Waals surface area contributed by atoms with Crippen LogP contribution in [0.5, 0.6) is 0 Å². The highest BCUT2D eigenvalue weighted by Gasteiger charge is 2.73. The maximum atomic E-state index is 2.57. The van der Waals surface area contributed by atoms with Crippen molar-refractivity contribution in [3.63, 3.8) is 0 Å². The minimum atomic E-state index is 1.08. The smallest absolute Gasteiger partial charge is 0.0318 e.